The van der Waals surface area contributed by atoms with Crippen LogP contribution in [0.2, 0.25) is 0 Å². The number of aryl methyl sites for hydroxylation is 2. The van der Waals surface area contributed by atoms with Gasteiger partial charge in [-0.25, -0.2) is 22.7 Å². The van der Waals surface area contributed by atoms with Crippen LogP contribution in [-0.2, 0) is 19.6 Å². The Bertz CT molecular complexity index is 1050. The van der Waals surface area contributed by atoms with Crippen LogP contribution in [0.3, 0.4) is 0 Å². The summed E-state index contributed by atoms with van der Waals surface area (Å²) in [5, 5.41) is 4.58. The van der Waals surface area contributed by atoms with Crippen LogP contribution in [0.4, 0.5) is 10.5 Å². The van der Waals surface area contributed by atoms with Gasteiger partial charge in [0.25, 0.3) is 5.91 Å². The van der Waals surface area contributed by atoms with Gasteiger partial charge in [0.15, 0.2) is 6.61 Å². The minimum atomic E-state index is -3.63. The molecule has 0 radical (unpaired) electrons. The fourth-order valence-electron chi connectivity index (χ4n) is 2.40. The zero-order valence-corrected chi connectivity index (χ0v) is 17.6. The van der Waals surface area contributed by atoms with Crippen LogP contribution < -0.4 is 15.4 Å². The monoisotopic (exact) mass is 433 g/mol. The minimum absolute atomic E-state index is 0.00153. The van der Waals surface area contributed by atoms with E-state index in [4.69, 9.17) is 4.74 Å². The molecule has 9 nitrogen and oxygen atoms in total. The van der Waals surface area contributed by atoms with Crippen LogP contribution in [0.1, 0.15) is 28.4 Å². The second-order valence-electron chi connectivity index (χ2n) is 6.40. The zero-order chi connectivity index (χ0) is 22.3. The molecule has 2 aromatic carbocycles. The first-order valence-corrected chi connectivity index (χ1v) is 10.6. The Labute approximate surface area is 174 Å². The van der Waals surface area contributed by atoms with Crippen molar-refractivity contribution in [2.24, 2.45) is 0 Å². The van der Waals surface area contributed by atoms with Crippen molar-refractivity contribution >= 4 is 33.6 Å². The van der Waals surface area contributed by atoms with E-state index in [9.17, 15) is 22.8 Å². The molecule has 10 heteroatoms. The van der Waals surface area contributed by atoms with Crippen LogP contribution >= 0.6 is 0 Å². The number of carbonyl (C=O) groups excluding carboxylic acids is 3. The van der Waals surface area contributed by atoms with Crippen molar-refractivity contribution in [3.05, 3.63) is 59.2 Å². The van der Waals surface area contributed by atoms with Crippen molar-refractivity contribution in [3.8, 4) is 0 Å². The number of hydrogen-bond acceptors (Lipinski definition) is 6. The second kappa shape index (κ2) is 9.99. The third-order valence-electron chi connectivity index (χ3n) is 4.09. The van der Waals surface area contributed by atoms with Crippen molar-refractivity contribution in [1.82, 2.24) is 10.0 Å². The Kier molecular flexibility index (Phi) is 7.67. The lowest BCUT2D eigenvalue weighted by Crippen LogP contribution is -2.37. The molecule has 2 aromatic rings. The highest BCUT2D eigenvalue weighted by Crippen LogP contribution is 2.14. The molecule has 0 saturated carbocycles. The first-order chi connectivity index (χ1) is 14.1. The summed E-state index contributed by atoms with van der Waals surface area (Å²) in [4.78, 5) is 35.7. The summed E-state index contributed by atoms with van der Waals surface area (Å²) in [6.07, 6.45) is 0. The Morgan fingerprint density at radius 3 is 2.23 bits per heavy atom. The number of rotatable bonds is 7. The Morgan fingerprint density at radius 1 is 0.967 bits per heavy atom. The van der Waals surface area contributed by atoms with Crippen LogP contribution in [0.25, 0.3) is 0 Å². The van der Waals surface area contributed by atoms with E-state index in [1.807, 2.05) is 19.9 Å². The standard InChI is InChI=1S/C20H23N3O6S/c1-4-21-30(27,28)17-9-6-15(7-10-17)19(25)29-12-18(24)23-20(26)22-16-8-5-13(2)14(3)11-16/h5-11,21H,4,12H2,1-3H3,(H2,22,23,24,26). The molecule has 0 aliphatic carbocycles. The van der Waals surface area contributed by atoms with Gasteiger partial charge >= 0.3 is 12.0 Å². The third kappa shape index (κ3) is 6.39. The molecule has 0 aliphatic heterocycles. The molecule has 3 N–H and O–H groups in total. The van der Waals surface area contributed by atoms with E-state index in [1.165, 1.54) is 24.3 Å². The molecular formula is C20H23N3O6S. The number of sulfonamides is 1. The van der Waals surface area contributed by atoms with Gasteiger partial charge in [-0.1, -0.05) is 13.0 Å². The van der Waals surface area contributed by atoms with Crippen molar-refractivity contribution in [3.63, 3.8) is 0 Å². The molecule has 0 bridgehead atoms. The number of amides is 3. The molecule has 0 saturated heterocycles. The maximum Gasteiger partial charge on any atom is 0.338 e. The normalized spacial score (nSPS) is 10.9. The lowest BCUT2D eigenvalue weighted by Gasteiger charge is -2.09. The molecular weight excluding hydrogens is 410 g/mol. The molecule has 3 amide bonds. The average molecular weight is 433 g/mol. The summed E-state index contributed by atoms with van der Waals surface area (Å²) in [5.74, 6) is -1.64. The first kappa shape index (κ1) is 23.0. The summed E-state index contributed by atoms with van der Waals surface area (Å²) < 4.78 is 30.9. The predicted molar refractivity (Wildman–Crippen MR) is 111 cm³/mol. The summed E-state index contributed by atoms with van der Waals surface area (Å²) in [6, 6.07) is 9.61. The average Bonchev–Trinajstić information content (AvgIpc) is 2.69. The van der Waals surface area contributed by atoms with Gasteiger partial charge < -0.3 is 10.1 Å². The number of hydrogen-bond donors (Lipinski definition) is 3. The van der Waals surface area contributed by atoms with Gasteiger partial charge in [-0.05, 0) is 61.4 Å². The lowest BCUT2D eigenvalue weighted by atomic mass is 10.1. The van der Waals surface area contributed by atoms with Gasteiger partial charge in [0.1, 0.15) is 0 Å². The van der Waals surface area contributed by atoms with Crippen molar-refractivity contribution in [2.75, 3.05) is 18.5 Å². The maximum absolute atomic E-state index is 12.0. The van der Waals surface area contributed by atoms with Crippen LogP contribution in [0.15, 0.2) is 47.4 Å². The van der Waals surface area contributed by atoms with E-state index in [2.05, 4.69) is 15.4 Å². The van der Waals surface area contributed by atoms with E-state index in [0.717, 1.165) is 11.1 Å². The van der Waals surface area contributed by atoms with E-state index in [0.29, 0.717) is 5.69 Å². The summed E-state index contributed by atoms with van der Waals surface area (Å²) >= 11 is 0. The zero-order valence-electron chi connectivity index (χ0n) is 16.8. The molecule has 30 heavy (non-hydrogen) atoms. The summed E-state index contributed by atoms with van der Waals surface area (Å²) in [7, 11) is -3.63. The highest BCUT2D eigenvalue weighted by Gasteiger charge is 2.16. The van der Waals surface area contributed by atoms with Crippen molar-refractivity contribution < 1.29 is 27.5 Å². The Hall–Kier alpha value is -3.24. The molecule has 2 rings (SSSR count). The van der Waals surface area contributed by atoms with Gasteiger partial charge in [0.2, 0.25) is 10.0 Å². The topological polar surface area (TPSA) is 131 Å². The highest BCUT2D eigenvalue weighted by atomic mass is 32.2. The number of anilines is 1. The van der Waals surface area contributed by atoms with E-state index in [-0.39, 0.29) is 17.0 Å². The quantitative estimate of drug-likeness (QED) is 0.573. The number of esters is 1. The number of carbonyl (C=O) groups is 3. The van der Waals surface area contributed by atoms with Crippen LogP contribution in [0.5, 0.6) is 0 Å². The molecule has 0 aliphatic rings. The molecule has 0 atom stereocenters. The Morgan fingerprint density at radius 2 is 1.63 bits per heavy atom. The van der Waals surface area contributed by atoms with Gasteiger partial charge in [-0.2, -0.15) is 0 Å². The maximum atomic E-state index is 12.0. The summed E-state index contributed by atoms with van der Waals surface area (Å²) in [6.45, 7) is 5.04. The van der Waals surface area contributed by atoms with Gasteiger partial charge in [-0.15, -0.1) is 0 Å². The van der Waals surface area contributed by atoms with E-state index in [1.54, 1.807) is 19.1 Å². The molecule has 0 fully saturated rings. The molecule has 0 spiro atoms. The second-order valence-corrected chi connectivity index (χ2v) is 8.17. The molecule has 0 aromatic heterocycles. The van der Waals surface area contributed by atoms with Gasteiger partial charge in [0.05, 0.1) is 10.5 Å². The first-order valence-electron chi connectivity index (χ1n) is 9.07. The number of nitrogens with one attached hydrogen (secondary N) is 3. The molecule has 0 unspecified atom stereocenters. The van der Waals surface area contributed by atoms with Crippen LogP contribution in [-0.4, -0.2) is 39.5 Å². The predicted octanol–water partition coefficient (Wildman–Crippen LogP) is 2.11. The van der Waals surface area contributed by atoms with E-state index >= 15 is 0 Å². The minimum Gasteiger partial charge on any atom is -0.452 e. The van der Waals surface area contributed by atoms with Gasteiger partial charge in [-0.3, -0.25) is 10.1 Å². The van der Waals surface area contributed by atoms with Gasteiger partial charge in [0, 0.05) is 12.2 Å². The van der Waals surface area contributed by atoms with Crippen molar-refractivity contribution in [2.45, 2.75) is 25.7 Å². The summed E-state index contributed by atoms with van der Waals surface area (Å²) in [5.41, 5.74) is 2.64. The highest BCUT2D eigenvalue weighted by molar-refractivity contribution is 7.89. The molecule has 0 heterocycles. The Balaban J connectivity index is 1.85. The fraction of sp³-hybridized carbons (Fsp3) is 0.250. The number of imide groups is 1. The fourth-order valence-corrected chi connectivity index (χ4v) is 3.44. The number of ether oxygens (including phenoxy) is 1. The number of benzene rings is 2. The van der Waals surface area contributed by atoms with Crippen molar-refractivity contribution in [1.29, 1.82) is 0 Å². The van der Waals surface area contributed by atoms with Crippen LogP contribution in [0, 0.1) is 13.8 Å². The smallest absolute Gasteiger partial charge is 0.338 e. The lowest BCUT2D eigenvalue weighted by molar-refractivity contribution is -0.123. The number of urea groups is 1. The third-order valence-corrected chi connectivity index (χ3v) is 5.65. The largest absolute Gasteiger partial charge is 0.452 e. The molecule has 160 valence electrons. The SMILES string of the molecule is CCNS(=O)(=O)c1ccc(C(=O)OCC(=O)NC(=O)Nc2ccc(C)c(C)c2)cc1. The van der Waals surface area contributed by atoms with E-state index < -0.39 is 34.5 Å².